The van der Waals surface area contributed by atoms with E-state index in [0.717, 1.165) is 6.42 Å². The van der Waals surface area contributed by atoms with Crippen molar-refractivity contribution in [3.05, 3.63) is 35.9 Å². The molecule has 0 bridgehead atoms. The molecule has 0 spiro atoms. The molecular formula is C11H12NO. The predicted octanol–water partition coefficient (Wildman–Crippen LogP) is 1.99. The molecule has 1 aliphatic carbocycles. The molecule has 2 unspecified atom stereocenters. The summed E-state index contributed by atoms with van der Waals surface area (Å²) in [6.45, 7) is 0. The Bertz CT molecular complexity index is 307. The summed E-state index contributed by atoms with van der Waals surface area (Å²) in [5, 5.41) is 0. The molecule has 2 rings (SSSR count). The monoisotopic (exact) mass is 174 g/mol. The normalized spacial score (nSPS) is 25.5. The Balaban J connectivity index is 1.97. The number of hydrogen-bond donors (Lipinski definition) is 0. The summed E-state index contributed by atoms with van der Waals surface area (Å²) in [5.41, 5.74) is 8.18. The van der Waals surface area contributed by atoms with Crippen molar-refractivity contribution >= 4 is 5.91 Å². The summed E-state index contributed by atoms with van der Waals surface area (Å²) in [7, 11) is 0. The lowest BCUT2D eigenvalue weighted by Crippen LogP contribution is -1.99. The van der Waals surface area contributed by atoms with Gasteiger partial charge in [0.15, 0.2) is 0 Å². The Morgan fingerprint density at radius 3 is 2.69 bits per heavy atom. The molecule has 2 atom stereocenters. The summed E-state index contributed by atoms with van der Waals surface area (Å²) < 4.78 is 0. The SMILES string of the molecule is [NH]C(=O)CC1CC1c1ccccc1. The number of carbonyl (C=O) groups excluding carboxylic acids is 1. The van der Waals surface area contributed by atoms with E-state index < -0.39 is 5.91 Å². The zero-order valence-corrected chi connectivity index (χ0v) is 7.36. The van der Waals surface area contributed by atoms with Crippen LogP contribution in [0.3, 0.4) is 0 Å². The maximum absolute atomic E-state index is 10.5. The van der Waals surface area contributed by atoms with Crippen LogP contribution >= 0.6 is 0 Å². The van der Waals surface area contributed by atoms with E-state index in [-0.39, 0.29) is 0 Å². The van der Waals surface area contributed by atoms with Crippen LogP contribution < -0.4 is 5.73 Å². The molecule has 0 heterocycles. The minimum Gasteiger partial charge on any atom is -0.273 e. The molecule has 0 aliphatic heterocycles. The van der Waals surface area contributed by atoms with Crippen molar-refractivity contribution in [1.29, 1.82) is 0 Å². The number of carbonyl (C=O) groups is 1. The Hall–Kier alpha value is -1.31. The van der Waals surface area contributed by atoms with Crippen molar-refractivity contribution in [2.45, 2.75) is 18.8 Å². The van der Waals surface area contributed by atoms with Gasteiger partial charge in [0.25, 0.3) is 0 Å². The van der Waals surface area contributed by atoms with E-state index in [1.54, 1.807) is 0 Å². The first-order valence-electron chi connectivity index (χ1n) is 4.57. The second kappa shape index (κ2) is 3.21. The van der Waals surface area contributed by atoms with E-state index in [1.807, 2.05) is 18.2 Å². The molecule has 1 amide bonds. The van der Waals surface area contributed by atoms with Gasteiger partial charge in [-0.3, -0.25) is 10.5 Å². The summed E-state index contributed by atoms with van der Waals surface area (Å²) in [5.74, 6) is 0.548. The van der Waals surface area contributed by atoms with Crippen LogP contribution in [-0.2, 0) is 4.79 Å². The van der Waals surface area contributed by atoms with Gasteiger partial charge < -0.3 is 0 Å². The van der Waals surface area contributed by atoms with Crippen LogP contribution in [0.2, 0.25) is 0 Å². The second-order valence-electron chi connectivity index (χ2n) is 3.64. The maximum atomic E-state index is 10.5. The van der Waals surface area contributed by atoms with Gasteiger partial charge in [0.05, 0.1) is 0 Å². The van der Waals surface area contributed by atoms with E-state index in [2.05, 4.69) is 12.1 Å². The quantitative estimate of drug-likeness (QED) is 0.690. The first-order chi connectivity index (χ1) is 6.27. The van der Waals surface area contributed by atoms with E-state index in [9.17, 15) is 4.79 Å². The third kappa shape index (κ3) is 1.89. The van der Waals surface area contributed by atoms with Gasteiger partial charge in [0, 0.05) is 6.42 Å². The standard InChI is InChI=1S/C11H12NO/c12-11(13)7-9-6-10(9)8-4-2-1-3-5-8/h1-5,9-10,12H,6-7H2. The van der Waals surface area contributed by atoms with Crippen molar-refractivity contribution in [2.75, 3.05) is 0 Å². The Labute approximate surface area is 77.8 Å². The highest BCUT2D eigenvalue weighted by Gasteiger charge is 2.38. The van der Waals surface area contributed by atoms with Crippen molar-refractivity contribution in [2.24, 2.45) is 5.92 Å². The predicted molar refractivity (Wildman–Crippen MR) is 50.0 cm³/mol. The lowest BCUT2D eigenvalue weighted by Gasteiger charge is -1.97. The molecule has 2 heteroatoms. The van der Waals surface area contributed by atoms with E-state index >= 15 is 0 Å². The second-order valence-corrected chi connectivity index (χ2v) is 3.64. The van der Waals surface area contributed by atoms with Crippen molar-refractivity contribution in [1.82, 2.24) is 5.73 Å². The van der Waals surface area contributed by atoms with Crippen molar-refractivity contribution < 1.29 is 4.79 Å². The first kappa shape index (κ1) is 8.30. The molecule has 0 aromatic heterocycles. The molecule has 1 saturated carbocycles. The van der Waals surface area contributed by atoms with Crippen LogP contribution in [0.1, 0.15) is 24.3 Å². The Morgan fingerprint density at radius 2 is 2.08 bits per heavy atom. The molecule has 2 nitrogen and oxygen atoms in total. The van der Waals surface area contributed by atoms with Gasteiger partial charge in [0.1, 0.15) is 0 Å². The lowest BCUT2D eigenvalue weighted by atomic mass is 10.1. The third-order valence-corrected chi connectivity index (χ3v) is 2.60. The molecule has 1 fully saturated rings. The number of amides is 1. The minimum atomic E-state index is -0.427. The third-order valence-electron chi connectivity index (χ3n) is 2.60. The van der Waals surface area contributed by atoms with Crippen molar-refractivity contribution in [3.8, 4) is 0 Å². The van der Waals surface area contributed by atoms with Gasteiger partial charge in [-0.25, -0.2) is 0 Å². The zero-order chi connectivity index (χ0) is 9.26. The van der Waals surface area contributed by atoms with E-state index in [0.29, 0.717) is 18.3 Å². The van der Waals surface area contributed by atoms with Crippen LogP contribution in [0.25, 0.3) is 0 Å². The molecule has 1 N–H and O–H groups in total. The zero-order valence-electron chi connectivity index (χ0n) is 7.36. The molecule has 1 aromatic carbocycles. The smallest absolute Gasteiger partial charge is 0.238 e. The van der Waals surface area contributed by atoms with Gasteiger partial charge in [-0.2, -0.15) is 0 Å². The Kier molecular flexibility index (Phi) is 2.05. The fraction of sp³-hybridized carbons (Fsp3) is 0.364. The fourth-order valence-corrected chi connectivity index (χ4v) is 1.82. The van der Waals surface area contributed by atoms with Crippen LogP contribution in [0.5, 0.6) is 0 Å². The van der Waals surface area contributed by atoms with Gasteiger partial charge in [-0.15, -0.1) is 0 Å². The number of rotatable bonds is 3. The maximum Gasteiger partial charge on any atom is 0.238 e. The van der Waals surface area contributed by atoms with Crippen LogP contribution in [-0.4, -0.2) is 5.91 Å². The minimum absolute atomic E-state index is 0.427. The van der Waals surface area contributed by atoms with Gasteiger partial charge in [-0.1, -0.05) is 30.3 Å². The lowest BCUT2D eigenvalue weighted by molar-refractivity contribution is -0.119. The summed E-state index contributed by atoms with van der Waals surface area (Å²) >= 11 is 0. The summed E-state index contributed by atoms with van der Waals surface area (Å²) in [6.07, 6.45) is 1.51. The average Bonchev–Trinajstić information content (AvgIpc) is 2.84. The van der Waals surface area contributed by atoms with Gasteiger partial charge in [0.2, 0.25) is 5.91 Å². The molecular weight excluding hydrogens is 162 g/mol. The van der Waals surface area contributed by atoms with E-state index in [4.69, 9.17) is 5.73 Å². The summed E-state index contributed by atoms with van der Waals surface area (Å²) in [6, 6.07) is 10.2. The van der Waals surface area contributed by atoms with Gasteiger partial charge >= 0.3 is 0 Å². The Morgan fingerprint density at radius 1 is 1.38 bits per heavy atom. The molecule has 0 saturated heterocycles. The first-order valence-corrected chi connectivity index (χ1v) is 4.57. The van der Waals surface area contributed by atoms with Crippen LogP contribution in [0, 0.1) is 5.92 Å². The number of benzene rings is 1. The highest BCUT2D eigenvalue weighted by Crippen LogP contribution is 2.49. The van der Waals surface area contributed by atoms with E-state index in [1.165, 1.54) is 5.56 Å². The average molecular weight is 174 g/mol. The van der Waals surface area contributed by atoms with Crippen molar-refractivity contribution in [3.63, 3.8) is 0 Å². The molecule has 67 valence electrons. The van der Waals surface area contributed by atoms with Crippen LogP contribution in [0.15, 0.2) is 30.3 Å². The molecule has 1 radical (unpaired) electrons. The number of hydrogen-bond acceptors (Lipinski definition) is 1. The highest BCUT2D eigenvalue weighted by molar-refractivity contribution is 5.73. The van der Waals surface area contributed by atoms with Gasteiger partial charge in [-0.05, 0) is 23.8 Å². The molecule has 13 heavy (non-hydrogen) atoms. The molecule has 1 aliphatic rings. The highest BCUT2D eigenvalue weighted by atomic mass is 16.1. The summed E-state index contributed by atoms with van der Waals surface area (Å²) in [4.78, 5) is 10.5. The van der Waals surface area contributed by atoms with Crippen LogP contribution in [0.4, 0.5) is 0 Å². The molecule has 1 aromatic rings. The fourth-order valence-electron chi connectivity index (χ4n) is 1.82. The number of nitrogens with one attached hydrogen (secondary N) is 1. The largest absolute Gasteiger partial charge is 0.273 e. The topological polar surface area (TPSA) is 40.9 Å².